The molecule has 0 radical (unpaired) electrons. The van der Waals surface area contributed by atoms with E-state index in [1.165, 1.54) is 24.0 Å². The zero-order valence-corrected chi connectivity index (χ0v) is 12.4. The SMILES string of the molecule is CCNCc1cccc(CN(C)C(CC)CC)c1. The summed E-state index contributed by atoms with van der Waals surface area (Å²) in [7, 11) is 2.23. The molecule has 1 N–H and O–H groups in total. The van der Waals surface area contributed by atoms with Crippen LogP contribution in [-0.4, -0.2) is 24.5 Å². The number of nitrogens with one attached hydrogen (secondary N) is 1. The lowest BCUT2D eigenvalue weighted by Crippen LogP contribution is -2.30. The summed E-state index contributed by atoms with van der Waals surface area (Å²) in [4.78, 5) is 2.46. The van der Waals surface area contributed by atoms with Crippen molar-refractivity contribution >= 4 is 0 Å². The van der Waals surface area contributed by atoms with Crippen LogP contribution in [0.5, 0.6) is 0 Å². The molecule has 0 aliphatic heterocycles. The van der Waals surface area contributed by atoms with Crippen molar-refractivity contribution in [2.45, 2.75) is 52.7 Å². The lowest BCUT2D eigenvalue weighted by atomic mass is 10.1. The van der Waals surface area contributed by atoms with E-state index in [4.69, 9.17) is 0 Å². The van der Waals surface area contributed by atoms with E-state index in [0.29, 0.717) is 6.04 Å². The molecule has 2 nitrogen and oxygen atoms in total. The average molecular weight is 248 g/mol. The highest BCUT2D eigenvalue weighted by molar-refractivity contribution is 5.23. The summed E-state index contributed by atoms with van der Waals surface area (Å²) in [5, 5.41) is 3.38. The van der Waals surface area contributed by atoms with Crippen LogP contribution in [0.1, 0.15) is 44.7 Å². The quantitative estimate of drug-likeness (QED) is 0.758. The molecule has 1 rings (SSSR count). The van der Waals surface area contributed by atoms with E-state index in [0.717, 1.165) is 19.6 Å². The molecule has 0 aliphatic rings. The minimum atomic E-state index is 0.697. The van der Waals surface area contributed by atoms with Gasteiger partial charge in [0.1, 0.15) is 0 Å². The fraction of sp³-hybridized carbons (Fsp3) is 0.625. The van der Waals surface area contributed by atoms with E-state index in [-0.39, 0.29) is 0 Å². The topological polar surface area (TPSA) is 15.3 Å². The highest BCUT2D eigenvalue weighted by Crippen LogP contribution is 2.12. The normalized spacial score (nSPS) is 11.4. The van der Waals surface area contributed by atoms with Gasteiger partial charge in [-0.2, -0.15) is 0 Å². The highest BCUT2D eigenvalue weighted by atomic mass is 15.1. The van der Waals surface area contributed by atoms with E-state index < -0.39 is 0 Å². The zero-order valence-electron chi connectivity index (χ0n) is 12.4. The molecule has 1 aromatic carbocycles. The van der Waals surface area contributed by atoms with Gasteiger partial charge in [0, 0.05) is 19.1 Å². The number of nitrogens with zero attached hydrogens (tertiary/aromatic N) is 1. The lowest BCUT2D eigenvalue weighted by Gasteiger charge is -2.26. The molecule has 0 fully saturated rings. The van der Waals surface area contributed by atoms with Crippen molar-refractivity contribution in [1.82, 2.24) is 10.2 Å². The standard InChI is InChI=1S/C16H28N2/c1-5-16(6-2)18(4)13-15-10-8-9-14(11-15)12-17-7-3/h8-11,16-17H,5-7,12-13H2,1-4H3. The predicted octanol–water partition coefficient (Wildman–Crippen LogP) is 3.42. The number of rotatable bonds is 8. The van der Waals surface area contributed by atoms with Gasteiger partial charge in [0.05, 0.1) is 0 Å². The van der Waals surface area contributed by atoms with Gasteiger partial charge in [0.2, 0.25) is 0 Å². The molecule has 0 amide bonds. The van der Waals surface area contributed by atoms with Crippen LogP contribution in [0.4, 0.5) is 0 Å². The van der Waals surface area contributed by atoms with Gasteiger partial charge in [-0.05, 0) is 37.6 Å². The van der Waals surface area contributed by atoms with Crippen LogP contribution in [0.25, 0.3) is 0 Å². The Hall–Kier alpha value is -0.860. The van der Waals surface area contributed by atoms with Crippen LogP contribution in [0.2, 0.25) is 0 Å². The van der Waals surface area contributed by atoms with Gasteiger partial charge in [0.25, 0.3) is 0 Å². The Morgan fingerprint density at radius 2 is 1.78 bits per heavy atom. The Labute approximate surface area is 112 Å². The minimum absolute atomic E-state index is 0.697. The Morgan fingerprint density at radius 1 is 1.11 bits per heavy atom. The van der Waals surface area contributed by atoms with Crippen molar-refractivity contribution in [3.63, 3.8) is 0 Å². The summed E-state index contributed by atoms with van der Waals surface area (Å²) < 4.78 is 0. The molecule has 0 aliphatic carbocycles. The van der Waals surface area contributed by atoms with E-state index in [1.54, 1.807) is 0 Å². The minimum Gasteiger partial charge on any atom is -0.313 e. The maximum Gasteiger partial charge on any atom is 0.0233 e. The molecule has 0 atom stereocenters. The Kier molecular flexibility index (Phi) is 6.99. The summed E-state index contributed by atoms with van der Waals surface area (Å²) in [5.41, 5.74) is 2.80. The largest absolute Gasteiger partial charge is 0.313 e. The summed E-state index contributed by atoms with van der Waals surface area (Å²) in [6.07, 6.45) is 2.45. The lowest BCUT2D eigenvalue weighted by molar-refractivity contribution is 0.221. The second-order valence-corrected chi connectivity index (χ2v) is 4.99. The third-order valence-corrected chi connectivity index (χ3v) is 3.57. The van der Waals surface area contributed by atoms with Crippen molar-refractivity contribution in [1.29, 1.82) is 0 Å². The maximum atomic E-state index is 3.38. The molecule has 0 saturated carbocycles. The molecule has 0 saturated heterocycles. The Bertz CT molecular complexity index is 332. The van der Waals surface area contributed by atoms with Gasteiger partial charge >= 0.3 is 0 Å². The third-order valence-electron chi connectivity index (χ3n) is 3.57. The van der Waals surface area contributed by atoms with Gasteiger partial charge in [-0.1, -0.05) is 45.0 Å². The molecule has 0 heterocycles. The van der Waals surface area contributed by atoms with Gasteiger partial charge in [0.15, 0.2) is 0 Å². The summed E-state index contributed by atoms with van der Waals surface area (Å²) >= 11 is 0. The van der Waals surface area contributed by atoms with Gasteiger partial charge in [-0.25, -0.2) is 0 Å². The summed E-state index contributed by atoms with van der Waals surface area (Å²) in [6, 6.07) is 9.62. The molecule has 0 aromatic heterocycles. The second-order valence-electron chi connectivity index (χ2n) is 4.99. The van der Waals surface area contributed by atoms with Crippen LogP contribution in [0.15, 0.2) is 24.3 Å². The van der Waals surface area contributed by atoms with Crippen LogP contribution in [0.3, 0.4) is 0 Å². The molecular weight excluding hydrogens is 220 g/mol. The first-order chi connectivity index (χ1) is 8.71. The number of hydrogen-bond donors (Lipinski definition) is 1. The third kappa shape index (κ3) is 4.79. The van der Waals surface area contributed by atoms with E-state index in [1.807, 2.05) is 0 Å². The average Bonchev–Trinajstić information content (AvgIpc) is 2.38. The highest BCUT2D eigenvalue weighted by Gasteiger charge is 2.10. The van der Waals surface area contributed by atoms with Crippen LogP contribution in [0, 0.1) is 0 Å². The molecule has 18 heavy (non-hydrogen) atoms. The molecular formula is C16H28N2. The fourth-order valence-corrected chi connectivity index (χ4v) is 2.44. The van der Waals surface area contributed by atoms with Crippen LogP contribution >= 0.6 is 0 Å². The molecule has 2 heteroatoms. The monoisotopic (exact) mass is 248 g/mol. The molecule has 102 valence electrons. The molecule has 0 bridgehead atoms. The molecule has 0 spiro atoms. The first-order valence-corrected chi connectivity index (χ1v) is 7.20. The van der Waals surface area contributed by atoms with Gasteiger partial charge in [-0.15, -0.1) is 0 Å². The van der Waals surface area contributed by atoms with Crippen molar-refractivity contribution < 1.29 is 0 Å². The first kappa shape index (κ1) is 15.2. The molecule has 1 aromatic rings. The first-order valence-electron chi connectivity index (χ1n) is 7.20. The predicted molar refractivity (Wildman–Crippen MR) is 79.7 cm³/mol. The second kappa shape index (κ2) is 8.28. The summed E-state index contributed by atoms with van der Waals surface area (Å²) in [6.45, 7) is 9.73. The van der Waals surface area contributed by atoms with E-state index in [2.05, 4.69) is 62.3 Å². The van der Waals surface area contributed by atoms with Gasteiger partial charge < -0.3 is 5.32 Å². The Morgan fingerprint density at radius 3 is 2.39 bits per heavy atom. The zero-order chi connectivity index (χ0) is 13.4. The van der Waals surface area contributed by atoms with Crippen molar-refractivity contribution in [2.24, 2.45) is 0 Å². The van der Waals surface area contributed by atoms with E-state index in [9.17, 15) is 0 Å². The number of benzene rings is 1. The van der Waals surface area contributed by atoms with Crippen molar-refractivity contribution in [3.8, 4) is 0 Å². The molecule has 0 unspecified atom stereocenters. The van der Waals surface area contributed by atoms with Crippen LogP contribution < -0.4 is 5.32 Å². The smallest absolute Gasteiger partial charge is 0.0233 e. The summed E-state index contributed by atoms with van der Waals surface area (Å²) in [5.74, 6) is 0. The van der Waals surface area contributed by atoms with Crippen LogP contribution in [-0.2, 0) is 13.1 Å². The van der Waals surface area contributed by atoms with Gasteiger partial charge in [-0.3, -0.25) is 4.90 Å². The van der Waals surface area contributed by atoms with Crippen molar-refractivity contribution in [2.75, 3.05) is 13.6 Å². The fourth-order valence-electron chi connectivity index (χ4n) is 2.44. The van der Waals surface area contributed by atoms with Crippen molar-refractivity contribution in [3.05, 3.63) is 35.4 Å². The maximum absolute atomic E-state index is 3.38. The Balaban J connectivity index is 2.60. The van der Waals surface area contributed by atoms with E-state index >= 15 is 0 Å². The number of hydrogen-bond acceptors (Lipinski definition) is 2.